The van der Waals surface area contributed by atoms with Gasteiger partial charge in [0.25, 0.3) is 0 Å². The quantitative estimate of drug-likeness (QED) is 0.490. The molecule has 2 heterocycles. The Morgan fingerprint density at radius 1 is 1.27 bits per heavy atom. The summed E-state index contributed by atoms with van der Waals surface area (Å²) in [5.74, 6) is -1.32. The van der Waals surface area contributed by atoms with E-state index in [9.17, 15) is 4.79 Å². The van der Waals surface area contributed by atoms with Gasteiger partial charge in [0.2, 0.25) is 0 Å². The molecule has 0 saturated heterocycles. The summed E-state index contributed by atoms with van der Waals surface area (Å²) < 4.78 is 0. The van der Waals surface area contributed by atoms with Crippen LogP contribution in [0.4, 0.5) is 5.69 Å². The summed E-state index contributed by atoms with van der Waals surface area (Å²) in [6.45, 7) is 1.72. The number of hydrogen-bond donors (Lipinski definition) is 2. The number of aromatic nitrogens is 2. The molecule has 0 bridgehead atoms. The zero-order valence-electron chi connectivity index (χ0n) is 11.1. The number of pyridine rings is 2. The van der Waals surface area contributed by atoms with Crippen LogP contribution in [0.25, 0.3) is 0 Å². The lowest BCUT2D eigenvalue weighted by molar-refractivity contribution is 0.0691. The summed E-state index contributed by atoms with van der Waals surface area (Å²) >= 11 is 17.8. The third-order valence-electron chi connectivity index (χ3n) is 2.61. The zero-order chi connectivity index (χ0) is 16.3. The minimum Gasteiger partial charge on any atom is -0.476 e. The van der Waals surface area contributed by atoms with Gasteiger partial charge in [-0.1, -0.05) is 40.9 Å². The number of aromatic carboxylic acids is 1. The molecule has 0 atom stereocenters. The summed E-state index contributed by atoms with van der Waals surface area (Å²) in [4.78, 5) is 18.8. The molecule has 9 heteroatoms. The second kappa shape index (κ2) is 6.91. The number of carboxylic acids is 1. The Bertz CT molecular complexity index is 751. The molecule has 6 nitrogen and oxygen atoms in total. The van der Waals surface area contributed by atoms with Gasteiger partial charge in [0.05, 0.1) is 17.1 Å². The zero-order valence-corrected chi connectivity index (χ0v) is 13.4. The van der Waals surface area contributed by atoms with Crippen molar-refractivity contribution in [1.82, 2.24) is 9.97 Å². The summed E-state index contributed by atoms with van der Waals surface area (Å²) in [7, 11) is 0. The van der Waals surface area contributed by atoms with Crippen LogP contribution in [0.15, 0.2) is 29.5 Å². The van der Waals surface area contributed by atoms with E-state index in [2.05, 4.69) is 20.5 Å². The number of rotatable bonds is 4. The van der Waals surface area contributed by atoms with Crippen molar-refractivity contribution in [2.45, 2.75) is 6.92 Å². The first-order valence-electron chi connectivity index (χ1n) is 5.91. The van der Waals surface area contributed by atoms with Crippen molar-refractivity contribution in [3.8, 4) is 0 Å². The van der Waals surface area contributed by atoms with Gasteiger partial charge in [0.1, 0.15) is 10.0 Å². The number of carbonyl (C=O) groups is 1. The van der Waals surface area contributed by atoms with Crippen LogP contribution in [0.5, 0.6) is 0 Å². The molecule has 0 unspecified atom stereocenters. The lowest BCUT2D eigenvalue weighted by Gasteiger charge is -2.10. The topological polar surface area (TPSA) is 87.5 Å². The van der Waals surface area contributed by atoms with Gasteiger partial charge in [0.15, 0.2) is 10.8 Å². The molecule has 2 aromatic rings. The molecular formula is C13H9Cl3N4O2. The molecule has 0 aromatic carbocycles. The first-order chi connectivity index (χ1) is 10.4. The van der Waals surface area contributed by atoms with Gasteiger partial charge in [-0.2, -0.15) is 5.10 Å². The molecule has 0 radical (unpaired) electrons. The van der Waals surface area contributed by atoms with Gasteiger partial charge in [0, 0.05) is 6.20 Å². The number of hydrazone groups is 1. The second-order valence-corrected chi connectivity index (χ2v) is 5.20. The molecule has 2 aromatic heterocycles. The van der Waals surface area contributed by atoms with E-state index in [-0.39, 0.29) is 20.9 Å². The second-order valence-electron chi connectivity index (χ2n) is 4.08. The maximum absolute atomic E-state index is 11.1. The molecular weight excluding hydrogens is 351 g/mol. The van der Waals surface area contributed by atoms with E-state index < -0.39 is 11.7 Å². The minimum atomic E-state index is -1.32. The average Bonchev–Trinajstić information content (AvgIpc) is 2.51. The fourth-order valence-corrected chi connectivity index (χ4v) is 2.19. The summed E-state index contributed by atoms with van der Waals surface area (Å²) in [5.41, 5.74) is 3.46. The van der Waals surface area contributed by atoms with Gasteiger partial charge in [-0.05, 0) is 19.1 Å². The van der Waals surface area contributed by atoms with Crippen LogP contribution in [-0.2, 0) is 0 Å². The van der Waals surface area contributed by atoms with E-state index >= 15 is 0 Å². The molecule has 2 N–H and O–H groups in total. The van der Waals surface area contributed by atoms with Crippen LogP contribution in [0.1, 0.15) is 23.1 Å². The normalized spacial score (nSPS) is 11.4. The molecule has 0 spiro atoms. The third kappa shape index (κ3) is 3.47. The van der Waals surface area contributed by atoms with E-state index in [0.29, 0.717) is 11.4 Å². The van der Waals surface area contributed by atoms with Crippen LogP contribution in [0.2, 0.25) is 15.2 Å². The smallest absolute Gasteiger partial charge is 0.356 e. The Morgan fingerprint density at radius 3 is 2.59 bits per heavy atom. The monoisotopic (exact) mass is 358 g/mol. The number of nitrogens with zero attached hydrogens (tertiary/aromatic N) is 3. The van der Waals surface area contributed by atoms with Gasteiger partial charge in [-0.3, -0.25) is 10.4 Å². The number of halogens is 3. The molecule has 0 aliphatic carbocycles. The lowest BCUT2D eigenvalue weighted by Crippen LogP contribution is -2.07. The summed E-state index contributed by atoms with van der Waals surface area (Å²) in [6.07, 6.45) is 1.63. The van der Waals surface area contributed by atoms with Crippen LogP contribution < -0.4 is 5.43 Å². The van der Waals surface area contributed by atoms with Crippen LogP contribution in [-0.4, -0.2) is 26.8 Å². The van der Waals surface area contributed by atoms with Crippen molar-refractivity contribution < 1.29 is 9.90 Å². The Morgan fingerprint density at radius 2 is 2.00 bits per heavy atom. The highest BCUT2D eigenvalue weighted by Gasteiger charge is 2.20. The number of hydrogen-bond acceptors (Lipinski definition) is 5. The first-order valence-corrected chi connectivity index (χ1v) is 7.04. The lowest BCUT2D eigenvalue weighted by atomic mass is 10.3. The predicted molar refractivity (Wildman–Crippen MR) is 86.3 cm³/mol. The molecule has 0 fully saturated rings. The maximum Gasteiger partial charge on any atom is 0.356 e. The molecule has 0 amide bonds. The fourth-order valence-electron chi connectivity index (χ4n) is 1.53. The van der Waals surface area contributed by atoms with Gasteiger partial charge in [-0.25, -0.2) is 9.78 Å². The highest BCUT2D eigenvalue weighted by Crippen LogP contribution is 2.36. The molecule has 0 aliphatic heterocycles. The Labute approximate surface area is 140 Å². The van der Waals surface area contributed by atoms with Crippen LogP contribution in [0.3, 0.4) is 0 Å². The predicted octanol–water partition coefficient (Wildman–Crippen LogP) is 3.97. The minimum absolute atomic E-state index is 0.0192. The van der Waals surface area contributed by atoms with Gasteiger partial charge in [-0.15, -0.1) is 0 Å². The van der Waals surface area contributed by atoms with E-state index in [0.717, 1.165) is 0 Å². The van der Waals surface area contributed by atoms with Crippen LogP contribution >= 0.6 is 34.8 Å². The standard InChI is InChI=1S/C13H9Cl3N4O2/c1-6(7-4-2-3-5-17-7)19-20-10-8(14)11(13(21)22)18-12(16)9(10)15/h2-5H,1H3,(H,18,20)(H,21,22)/b19-6-. The van der Waals surface area contributed by atoms with Crippen molar-refractivity contribution in [2.24, 2.45) is 5.10 Å². The largest absolute Gasteiger partial charge is 0.476 e. The SMILES string of the molecule is C/C(=N/Nc1c(Cl)c(Cl)nc(C(=O)O)c1Cl)c1ccccn1. The molecule has 0 aliphatic rings. The highest BCUT2D eigenvalue weighted by atomic mass is 35.5. The number of anilines is 1. The highest BCUT2D eigenvalue weighted by molar-refractivity contribution is 6.46. The Kier molecular flexibility index (Phi) is 5.18. The fraction of sp³-hybridized carbons (Fsp3) is 0.0769. The van der Waals surface area contributed by atoms with Crippen molar-refractivity contribution in [3.63, 3.8) is 0 Å². The molecule has 22 heavy (non-hydrogen) atoms. The summed E-state index contributed by atoms with van der Waals surface area (Å²) in [6, 6.07) is 5.36. The Hall–Kier alpha value is -1.89. The number of carboxylic acid groups (broad SMARTS) is 1. The first kappa shape index (κ1) is 16.5. The third-order valence-corrected chi connectivity index (χ3v) is 3.72. The van der Waals surface area contributed by atoms with Crippen LogP contribution in [0, 0.1) is 0 Å². The number of nitrogens with one attached hydrogen (secondary N) is 1. The molecule has 2 rings (SSSR count). The molecule has 114 valence electrons. The van der Waals surface area contributed by atoms with Crippen molar-refractivity contribution >= 4 is 52.2 Å². The van der Waals surface area contributed by atoms with Gasteiger partial charge >= 0.3 is 5.97 Å². The van der Waals surface area contributed by atoms with Crippen molar-refractivity contribution in [3.05, 3.63) is 51.0 Å². The summed E-state index contributed by atoms with van der Waals surface area (Å²) in [5, 5.41) is 12.7. The van der Waals surface area contributed by atoms with E-state index in [1.807, 2.05) is 6.07 Å². The van der Waals surface area contributed by atoms with Gasteiger partial charge < -0.3 is 5.11 Å². The van der Waals surface area contributed by atoms with Crippen molar-refractivity contribution in [1.29, 1.82) is 0 Å². The maximum atomic E-state index is 11.1. The van der Waals surface area contributed by atoms with E-state index in [1.165, 1.54) is 0 Å². The average molecular weight is 360 g/mol. The van der Waals surface area contributed by atoms with E-state index in [4.69, 9.17) is 39.9 Å². The van der Waals surface area contributed by atoms with Crippen molar-refractivity contribution in [2.75, 3.05) is 5.43 Å². The Balaban J connectivity index is 2.40. The molecule has 0 saturated carbocycles. The van der Waals surface area contributed by atoms with E-state index in [1.54, 1.807) is 25.3 Å².